The van der Waals surface area contributed by atoms with Crippen molar-refractivity contribution in [3.63, 3.8) is 0 Å². The molecule has 1 aliphatic heterocycles. The second-order valence-corrected chi connectivity index (χ2v) is 7.38. The molecule has 3 aromatic heterocycles. The molecular formula is C18H13ClF5N5O2. The maximum absolute atomic E-state index is 14.1. The highest BCUT2D eigenvalue weighted by molar-refractivity contribution is 6.30. The molecule has 1 atom stereocenters. The van der Waals surface area contributed by atoms with Gasteiger partial charge in [0.15, 0.2) is 5.65 Å². The Morgan fingerprint density at radius 1 is 1.29 bits per heavy atom. The van der Waals surface area contributed by atoms with Crippen molar-refractivity contribution in [1.29, 1.82) is 0 Å². The first-order valence-corrected chi connectivity index (χ1v) is 9.37. The summed E-state index contributed by atoms with van der Waals surface area (Å²) < 4.78 is 69.1. The van der Waals surface area contributed by atoms with Gasteiger partial charge in [0, 0.05) is 12.7 Å². The Morgan fingerprint density at radius 3 is 2.65 bits per heavy atom. The maximum Gasteiger partial charge on any atom is 0.420 e. The van der Waals surface area contributed by atoms with Gasteiger partial charge in [-0.15, -0.1) is 5.10 Å². The Labute approximate surface area is 175 Å². The van der Waals surface area contributed by atoms with Crippen LogP contribution in [0.15, 0.2) is 29.2 Å². The Kier molecular flexibility index (Phi) is 5.20. The lowest BCUT2D eigenvalue weighted by Crippen LogP contribution is -2.33. The number of likely N-dealkylation sites (tertiary alicyclic amines) is 1. The molecule has 0 spiro atoms. The molecule has 0 aromatic carbocycles. The number of hydrogen-bond donors (Lipinski definition) is 0. The van der Waals surface area contributed by atoms with Crippen molar-refractivity contribution in [2.75, 3.05) is 13.1 Å². The van der Waals surface area contributed by atoms with Crippen LogP contribution in [0.5, 0.6) is 0 Å². The molecule has 1 saturated heterocycles. The zero-order chi connectivity index (χ0) is 22.5. The van der Waals surface area contributed by atoms with Gasteiger partial charge in [-0.25, -0.2) is 22.7 Å². The van der Waals surface area contributed by atoms with Crippen LogP contribution in [-0.2, 0) is 12.7 Å². The van der Waals surface area contributed by atoms with E-state index in [9.17, 15) is 31.5 Å². The fourth-order valence-electron chi connectivity index (χ4n) is 3.37. The fourth-order valence-corrected chi connectivity index (χ4v) is 3.51. The van der Waals surface area contributed by atoms with Crippen LogP contribution in [0, 0.1) is 5.82 Å². The number of alkyl halides is 4. The van der Waals surface area contributed by atoms with Gasteiger partial charge in [-0.2, -0.15) is 13.2 Å². The van der Waals surface area contributed by atoms with Gasteiger partial charge in [0.2, 0.25) is 0 Å². The molecule has 4 rings (SSSR count). The summed E-state index contributed by atoms with van der Waals surface area (Å²) in [6.07, 6.45) is -4.93. The largest absolute Gasteiger partial charge is 0.420 e. The van der Waals surface area contributed by atoms with Crippen molar-refractivity contribution in [2.45, 2.75) is 25.3 Å². The number of carbonyl (C=O) groups excluding carboxylic acids is 1. The summed E-state index contributed by atoms with van der Waals surface area (Å²) in [4.78, 5) is 30.5. The van der Waals surface area contributed by atoms with Crippen molar-refractivity contribution in [1.82, 2.24) is 24.1 Å². The molecule has 7 nitrogen and oxygen atoms in total. The van der Waals surface area contributed by atoms with Crippen LogP contribution in [0.3, 0.4) is 0 Å². The van der Waals surface area contributed by atoms with E-state index < -0.39 is 53.2 Å². The molecule has 0 bridgehead atoms. The van der Waals surface area contributed by atoms with E-state index in [4.69, 9.17) is 11.6 Å². The first-order valence-electron chi connectivity index (χ1n) is 8.99. The number of pyridine rings is 2. The minimum Gasteiger partial charge on any atom is -0.334 e. The van der Waals surface area contributed by atoms with Crippen LogP contribution < -0.4 is 5.69 Å². The van der Waals surface area contributed by atoms with Crippen LogP contribution in [0.4, 0.5) is 22.0 Å². The van der Waals surface area contributed by atoms with E-state index in [2.05, 4.69) is 10.1 Å². The average Bonchev–Trinajstić information content (AvgIpc) is 3.26. The van der Waals surface area contributed by atoms with Gasteiger partial charge in [-0.3, -0.25) is 9.78 Å². The summed E-state index contributed by atoms with van der Waals surface area (Å²) in [6, 6.07) is 2.41. The zero-order valence-electron chi connectivity index (χ0n) is 15.5. The van der Waals surface area contributed by atoms with Crippen LogP contribution in [0.1, 0.15) is 28.2 Å². The van der Waals surface area contributed by atoms with Crippen molar-refractivity contribution in [2.24, 2.45) is 0 Å². The summed E-state index contributed by atoms with van der Waals surface area (Å²) in [6.45, 7) is -0.764. The molecule has 0 radical (unpaired) electrons. The third-order valence-corrected chi connectivity index (χ3v) is 5.06. The summed E-state index contributed by atoms with van der Waals surface area (Å²) in [5, 5.41) is 3.68. The Bertz CT molecular complexity index is 1240. The highest BCUT2D eigenvalue weighted by Gasteiger charge is 2.37. The fraction of sp³-hybridized carbons (Fsp3) is 0.333. The van der Waals surface area contributed by atoms with Gasteiger partial charge in [0.25, 0.3) is 5.91 Å². The summed E-state index contributed by atoms with van der Waals surface area (Å²) in [5.41, 5.74) is -3.87. The number of hydrogen-bond acceptors (Lipinski definition) is 4. The van der Waals surface area contributed by atoms with Gasteiger partial charge in [-0.05, 0) is 24.6 Å². The van der Waals surface area contributed by atoms with E-state index in [0.29, 0.717) is 15.1 Å². The summed E-state index contributed by atoms with van der Waals surface area (Å²) in [7, 11) is 0. The third-order valence-electron chi connectivity index (χ3n) is 4.86. The molecule has 1 amide bonds. The highest BCUT2D eigenvalue weighted by Crippen LogP contribution is 2.32. The van der Waals surface area contributed by atoms with E-state index in [1.54, 1.807) is 0 Å². The molecule has 3 aromatic rings. The lowest BCUT2D eigenvalue weighted by molar-refractivity contribution is -0.136. The average molecular weight is 462 g/mol. The van der Waals surface area contributed by atoms with Gasteiger partial charge < -0.3 is 4.90 Å². The molecule has 31 heavy (non-hydrogen) atoms. The molecule has 0 N–H and O–H groups in total. The number of nitrogens with zero attached hydrogens (tertiary/aromatic N) is 5. The van der Waals surface area contributed by atoms with Gasteiger partial charge >= 0.3 is 11.9 Å². The highest BCUT2D eigenvalue weighted by atomic mass is 35.5. The Balaban J connectivity index is 1.87. The molecule has 0 saturated carbocycles. The number of aromatic nitrogens is 4. The lowest BCUT2D eigenvalue weighted by Gasteiger charge is -2.16. The van der Waals surface area contributed by atoms with E-state index in [1.165, 1.54) is 0 Å². The molecule has 0 aliphatic carbocycles. The van der Waals surface area contributed by atoms with E-state index in [-0.39, 0.29) is 30.2 Å². The van der Waals surface area contributed by atoms with Gasteiger partial charge in [0.05, 0.1) is 23.8 Å². The number of amides is 1. The second kappa shape index (κ2) is 7.59. The number of fused-ring (bicyclic) bond motifs is 1. The quantitative estimate of drug-likeness (QED) is 0.562. The van der Waals surface area contributed by atoms with Crippen LogP contribution in [-0.4, -0.2) is 49.2 Å². The molecule has 4 heterocycles. The van der Waals surface area contributed by atoms with Crippen molar-refractivity contribution >= 4 is 23.2 Å². The predicted molar refractivity (Wildman–Crippen MR) is 98.2 cm³/mol. The smallest absolute Gasteiger partial charge is 0.334 e. The number of rotatable bonds is 3. The first-order chi connectivity index (χ1) is 14.6. The van der Waals surface area contributed by atoms with Crippen molar-refractivity contribution in [3.05, 3.63) is 62.7 Å². The summed E-state index contributed by atoms with van der Waals surface area (Å²) >= 11 is 5.63. The third kappa shape index (κ3) is 3.87. The molecule has 164 valence electrons. The SMILES string of the molecule is O=C(c1ccc(C(F)(F)F)c2nn(Cc3ncc(Cl)cc3F)c(=O)n12)N1CC[C@H](F)C1. The molecule has 1 aliphatic rings. The monoisotopic (exact) mass is 461 g/mol. The van der Waals surface area contributed by atoms with Crippen molar-refractivity contribution in [3.8, 4) is 0 Å². The van der Waals surface area contributed by atoms with Crippen molar-refractivity contribution < 1.29 is 26.7 Å². The molecule has 13 heteroatoms. The molecular weight excluding hydrogens is 449 g/mol. The van der Waals surface area contributed by atoms with E-state index in [0.717, 1.165) is 23.2 Å². The minimum absolute atomic E-state index is 0.00683. The van der Waals surface area contributed by atoms with Gasteiger partial charge in [0.1, 0.15) is 23.2 Å². The predicted octanol–water partition coefficient (Wildman–Crippen LogP) is 2.93. The maximum atomic E-state index is 14.1. The van der Waals surface area contributed by atoms with Crippen LogP contribution >= 0.6 is 11.6 Å². The number of carbonyl (C=O) groups is 1. The summed E-state index contributed by atoms with van der Waals surface area (Å²) in [5.74, 6) is -1.69. The molecule has 0 unspecified atom stereocenters. The topological polar surface area (TPSA) is 72.5 Å². The standard InChI is InChI=1S/C18H13ClF5N5O2/c19-9-5-12(21)13(25-6-9)8-28-17(31)29-14(16(30)27-4-3-10(20)7-27)2-1-11(15(29)26-28)18(22,23)24/h1-2,5-6,10H,3-4,7-8H2/t10-/m0/s1. The lowest BCUT2D eigenvalue weighted by atomic mass is 10.2. The van der Waals surface area contributed by atoms with E-state index in [1.807, 2.05) is 0 Å². The van der Waals surface area contributed by atoms with Gasteiger partial charge in [-0.1, -0.05) is 11.6 Å². The van der Waals surface area contributed by atoms with E-state index >= 15 is 0 Å². The van der Waals surface area contributed by atoms with Crippen LogP contribution in [0.2, 0.25) is 5.02 Å². The zero-order valence-corrected chi connectivity index (χ0v) is 16.3. The second-order valence-electron chi connectivity index (χ2n) is 6.95. The Morgan fingerprint density at radius 2 is 2.03 bits per heavy atom. The minimum atomic E-state index is -4.88. The molecule has 1 fully saturated rings. The Hall–Kier alpha value is -3.02. The first kappa shape index (κ1) is 21.2. The normalized spacial score (nSPS) is 17.0. The van der Waals surface area contributed by atoms with Crippen LogP contribution in [0.25, 0.3) is 5.65 Å². The number of halogens is 6.